The quantitative estimate of drug-likeness (QED) is 0.655. The van der Waals surface area contributed by atoms with E-state index in [9.17, 15) is 9.59 Å². The molecule has 166 valence electrons. The lowest BCUT2D eigenvalue weighted by Gasteiger charge is -2.21. The first-order chi connectivity index (χ1) is 15.0. The number of carbonyl (C=O) groups is 2. The number of amides is 2. The number of aryl methyl sites for hydroxylation is 1. The number of carbonyl (C=O) groups excluding carboxylic acids is 2. The van der Waals surface area contributed by atoms with E-state index in [1.807, 2.05) is 49.4 Å². The minimum Gasteiger partial charge on any atom is -0.497 e. The average molecular weight is 425 g/mol. The summed E-state index contributed by atoms with van der Waals surface area (Å²) in [6, 6.07) is 13.1. The summed E-state index contributed by atoms with van der Waals surface area (Å²) in [5, 5.41) is 3.05. The summed E-state index contributed by atoms with van der Waals surface area (Å²) in [6.45, 7) is 5.54. The topological polar surface area (TPSA) is 67.9 Å². The van der Waals surface area contributed by atoms with Crippen molar-refractivity contribution in [3.63, 3.8) is 0 Å². The first-order valence-electron chi connectivity index (χ1n) is 10.8. The lowest BCUT2D eigenvalue weighted by Crippen LogP contribution is -2.36. The molecule has 6 nitrogen and oxygen atoms in total. The van der Waals surface area contributed by atoms with Crippen LogP contribution in [0.3, 0.4) is 0 Å². The summed E-state index contributed by atoms with van der Waals surface area (Å²) in [5.74, 6) is 0.776. The van der Waals surface area contributed by atoms with Crippen molar-refractivity contribution in [1.82, 2.24) is 10.2 Å². The molecule has 1 aliphatic heterocycles. The number of hydrogen-bond acceptors (Lipinski definition) is 4. The Hall–Kier alpha value is -3.02. The molecule has 31 heavy (non-hydrogen) atoms. The van der Waals surface area contributed by atoms with E-state index in [0.29, 0.717) is 36.7 Å². The Morgan fingerprint density at radius 1 is 1.06 bits per heavy atom. The van der Waals surface area contributed by atoms with Gasteiger partial charge in [-0.2, -0.15) is 0 Å². The van der Waals surface area contributed by atoms with Crippen molar-refractivity contribution >= 4 is 11.8 Å². The van der Waals surface area contributed by atoms with Gasteiger partial charge in [0.15, 0.2) is 0 Å². The predicted octanol–water partition coefficient (Wildman–Crippen LogP) is 3.78. The van der Waals surface area contributed by atoms with Gasteiger partial charge in [0.25, 0.3) is 5.91 Å². The summed E-state index contributed by atoms with van der Waals surface area (Å²) in [5.41, 5.74) is 2.62. The van der Waals surface area contributed by atoms with E-state index in [1.54, 1.807) is 19.1 Å². The second kappa shape index (κ2) is 10.3. The Labute approximate surface area is 184 Å². The summed E-state index contributed by atoms with van der Waals surface area (Å²) in [7, 11) is 3.23. The first kappa shape index (κ1) is 22.7. The Bertz CT molecular complexity index is 910. The Morgan fingerprint density at radius 2 is 1.81 bits per heavy atom. The maximum Gasteiger partial charge on any atom is 0.253 e. The molecule has 0 bridgehead atoms. The zero-order valence-electron chi connectivity index (χ0n) is 18.8. The van der Waals surface area contributed by atoms with Gasteiger partial charge in [0.2, 0.25) is 5.91 Å². The van der Waals surface area contributed by atoms with E-state index >= 15 is 0 Å². The molecule has 2 amide bonds. The van der Waals surface area contributed by atoms with Crippen LogP contribution in [0, 0.1) is 12.8 Å². The van der Waals surface area contributed by atoms with E-state index in [2.05, 4.69) is 12.2 Å². The Balaban J connectivity index is 1.91. The number of ether oxygens (including phenoxy) is 2. The third kappa shape index (κ3) is 5.19. The fourth-order valence-corrected chi connectivity index (χ4v) is 4.08. The molecule has 1 N–H and O–H groups in total. The zero-order chi connectivity index (χ0) is 22.4. The fourth-order valence-electron chi connectivity index (χ4n) is 4.08. The van der Waals surface area contributed by atoms with Crippen LogP contribution in [0.5, 0.6) is 11.5 Å². The predicted molar refractivity (Wildman–Crippen MR) is 121 cm³/mol. The monoisotopic (exact) mass is 424 g/mol. The van der Waals surface area contributed by atoms with Crippen LogP contribution in [-0.4, -0.2) is 50.6 Å². The smallest absolute Gasteiger partial charge is 0.253 e. The number of methoxy groups -OCH3 is 2. The molecular weight excluding hydrogens is 392 g/mol. The molecular formula is C25H32N2O4. The van der Waals surface area contributed by atoms with Crippen LogP contribution in [0.2, 0.25) is 0 Å². The molecule has 1 fully saturated rings. The van der Waals surface area contributed by atoms with Gasteiger partial charge in [0.05, 0.1) is 20.1 Å². The van der Waals surface area contributed by atoms with Crippen LogP contribution in [0.4, 0.5) is 0 Å². The molecule has 0 aromatic heterocycles. The molecule has 6 heteroatoms. The van der Waals surface area contributed by atoms with Crippen molar-refractivity contribution in [3.8, 4) is 11.5 Å². The molecule has 1 saturated heterocycles. The van der Waals surface area contributed by atoms with Crippen LogP contribution in [-0.2, 0) is 4.79 Å². The number of likely N-dealkylation sites (tertiary alicyclic amines) is 1. The van der Waals surface area contributed by atoms with Gasteiger partial charge < -0.3 is 19.7 Å². The second-order valence-corrected chi connectivity index (χ2v) is 8.04. The highest BCUT2D eigenvalue weighted by Crippen LogP contribution is 2.40. The molecule has 2 aromatic carbocycles. The highest BCUT2D eigenvalue weighted by Gasteiger charge is 2.41. The minimum atomic E-state index is -0.354. The zero-order valence-corrected chi connectivity index (χ0v) is 18.8. The van der Waals surface area contributed by atoms with Gasteiger partial charge in [-0.3, -0.25) is 9.59 Å². The lowest BCUT2D eigenvalue weighted by atomic mass is 9.87. The van der Waals surface area contributed by atoms with Gasteiger partial charge in [-0.05, 0) is 43.7 Å². The fraction of sp³-hybridized carbons (Fsp3) is 0.440. The van der Waals surface area contributed by atoms with E-state index in [4.69, 9.17) is 9.47 Å². The van der Waals surface area contributed by atoms with Gasteiger partial charge in [-0.25, -0.2) is 0 Å². The maximum absolute atomic E-state index is 13.2. The van der Waals surface area contributed by atoms with Crippen LogP contribution in [0.15, 0.2) is 42.5 Å². The number of benzene rings is 2. The number of hydrogen-bond donors (Lipinski definition) is 1. The molecule has 0 aliphatic carbocycles. The number of nitrogens with one attached hydrogen (secondary N) is 1. The molecule has 3 rings (SSSR count). The standard InChI is InChI=1S/C25H32N2O4/c1-5-6-13-26-24(28)22-16-27(25(29)18-9-7-17(2)8-10-18)15-21(22)20-14-19(30-3)11-12-23(20)31-4/h7-12,14,21-22H,5-6,13,15-16H2,1-4H3,(H,26,28)/t21-,22+/m1/s1. The SMILES string of the molecule is CCCCNC(=O)[C@H]1CN(C(=O)c2ccc(C)cc2)C[C@@H]1c1cc(OC)ccc1OC. The van der Waals surface area contributed by atoms with Crippen LogP contribution in [0.25, 0.3) is 0 Å². The normalized spacial score (nSPS) is 18.0. The average Bonchev–Trinajstić information content (AvgIpc) is 3.24. The Morgan fingerprint density at radius 3 is 2.45 bits per heavy atom. The molecule has 0 radical (unpaired) electrons. The van der Waals surface area contributed by atoms with Crippen molar-refractivity contribution in [2.24, 2.45) is 5.92 Å². The number of rotatable bonds is 8. The van der Waals surface area contributed by atoms with Gasteiger partial charge >= 0.3 is 0 Å². The summed E-state index contributed by atoms with van der Waals surface area (Å²) in [6.07, 6.45) is 1.94. The van der Waals surface area contributed by atoms with E-state index in [0.717, 1.165) is 24.0 Å². The minimum absolute atomic E-state index is 0.0254. The molecule has 0 spiro atoms. The molecule has 2 atom stereocenters. The van der Waals surface area contributed by atoms with Crippen LogP contribution >= 0.6 is 0 Å². The van der Waals surface area contributed by atoms with Gasteiger partial charge in [-0.1, -0.05) is 31.0 Å². The lowest BCUT2D eigenvalue weighted by molar-refractivity contribution is -0.124. The van der Waals surface area contributed by atoms with Crippen LogP contribution < -0.4 is 14.8 Å². The third-order valence-corrected chi connectivity index (χ3v) is 5.91. The van der Waals surface area contributed by atoms with Crippen molar-refractivity contribution in [2.75, 3.05) is 33.9 Å². The summed E-state index contributed by atoms with van der Waals surface area (Å²) < 4.78 is 11.0. The summed E-state index contributed by atoms with van der Waals surface area (Å²) >= 11 is 0. The number of nitrogens with zero attached hydrogens (tertiary/aromatic N) is 1. The van der Waals surface area contributed by atoms with Crippen molar-refractivity contribution in [2.45, 2.75) is 32.6 Å². The molecule has 1 aliphatic rings. The molecule has 1 heterocycles. The molecule has 0 saturated carbocycles. The number of unbranched alkanes of at least 4 members (excludes halogenated alkanes) is 1. The van der Waals surface area contributed by atoms with Gasteiger partial charge in [0.1, 0.15) is 11.5 Å². The van der Waals surface area contributed by atoms with Gasteiger partial charge in [-0.15, -0.1) is 0 Å². The largest absolute Gasteiger partial charge is 0.497 e. The third-order valence-electron chi connectivity index (χ3n) is 5.91. The van der Waals surface area contributed by atoms with Crippen molar-refractivity contribution < 1.29 is 19.1 Å². The summed E-state index contributed by atoms with van der Waals surface area (Å²) in [4.78, 5) is 28.0. The first-order valence-corrected chi connectivity index (χ1v) is 10.8. The highest BCUT2D eigenvalue weighted by atomic mass is 16.5. The molecule has 2 aromatic rings. The van der Waals surface area contributed by atoms with Crippen molar-refractivity contribution in [1.29, 1.82) is 0 Å². The second-order valence-electron chi connectivity index (χ2n) is 8.04. The van der Waals surface area contributed by atoms with Gasteiger partial charge in [0, 0.05) is 36.7 Å². The molecule has 0 unspecified atom stereocenters. The van der Waals surface area contributed by atoms with E-state index in [-0.39, 0.29) is 23.7 Å². The Kier molecular flexibility index (Phi) is 7.55. The van der Waals surface area contributed by atoms with E-state index < -0.39 is 0 Å². The van der Waals surface area contributed by atoms with E-state index in [1.165, 1.54) is 0 Å². The van der Waals surface area contributed by atoms with Crippen molar-refractivity contribution in [3.05, 3.63) is 59.2 Å². The highest BCUT2D eigenvalue weighted by molar-refractivity contribution is 5.95. The maximum atomic E-state index is 13.2. The van der Waals surface area contributed by atoms with Crippen LogP contribution in [0.1, 0.15) is 47.2 Å².